The Kier molecular flexibility index (Phi) is 5.46. The largest absolute Gasteiger partial charge is 0.393 e. The van der Waals surface area contributed by atoms with E-state index in [2.05, 4.69) is 6.92 Å². The minimum absolute atomic E-state index is 0.0454. The second-order valence-corrected chi connectivity index (χ2v) is 5.80. The highest BCUT2D eigenvalue weighted by Gasteiger charge is 2.45. The molecule has 1 N–H and O–H groups in total. The number of hydrogen-bond acceptors (Lipinski definition) is 3. The molecule has 1 saturated carbocycles. The van der Waals surface area contributed by atoms with Crippen molar-refractivity contribution in [2.75, 3.05) is 6.61 Å². The molecule has 0 aromatic carbocycles. The molecule has 2 aliphatic rings. The first-order valence-electron chi connectivity index (χ1n) is 7.71. The van der Waals surface area contributed by atoms with Gasteiger partial charge in [-0.2, -0.15) is 0 Å². The summed E-state index contributed by atoms with van der Waals surface area (Å²) in [6, 6.07) is 0. The number of aliphatic hydroxyl groups is 1. The van der Waals surface area contributed by atoms with Gasteiger partial charge < -0.3 is 14.6 Å². The maximum absolute atomic E-state index is 10.1. The summed E-state index contributed by atoms with van der Waals surface area (Å²) in [4.78, 5) is 0. The van der Waals surface area contributed by atoms with Crippen molar-refractivity contribution < 1.29 is 14.6 Å². The normalized spacial score (nSPS) is 39.2. The van der Waals surface area contributed by atoms with Crippen LogP contribution in [0.4, 0.5) is 0 Å². The number of rotatable bonds is 8. The van der Waals surface area contributed by atoms with E-state index in [1.54, 1.807) is 0 Å². The van der Waals surface area contributed by atoms with Crippen LogP contribution in [0.15, 0.2) is 0 Å². The summed E-state index contributed by atoms with van der Waals surface area (Å²) >= 11 is 0. The van der Waals surface area contributed by atoms with Gasteiger partial charge in [0.2, 0.25) is 0 Å². The summed E-state index contributed by atoms with van der Waals surface area (Å²) in [6.07, 6.45) is 8.49. The summed E-state index contributed by atoms with van der Waals surface area (Å²) in [5, 5.41) is 10.1. The molecule has 0 aromatic rings. The van der Waals surface area contributed by atoms with E-state index in [9.17, 15) is 5.11 Å². The third kappa shape index (κ3) is 3.69. The van der Waals surface area contributed by atoms with E-state index < -0.39 is 0 Å². The zero-order valence-corrected chi connectivity index (χ0v) is 11.8. The molecule has 1 heterocycles. The lowest BCUT2D eigenvalue weighted by atomic mass is 9.86. The van der Waals surface area contributed by atoms with Crippen LogP contribution in [0.2, 0.25) is 0 Å². The van der Waals surface area contributed by atoms with Crippen LogP contribution in [-0.4, -0.2) is 30.2 Å². The van der Waals surface area contributed by atoms with Crippen molar-refractivity contribution in [2.45, 2.75) is 77.3 Å². The van der Waals surface area contributed by atoms with Gasteiger partial charge in [-0.25, -0.2) is 0 Å². The van der Waals surface area contributed by atoms with Crippen molar-refractivity contribution in [3.63, 3.8) is 0 Å². The predicted molar refractivity (Wildman–Crippen MR) is 71.3 cm³/mol. The molecule has 3 nitrogen and oxygen atoms in total. The number of aliphatic hydroxyl groups excluding tert-OH is 1. The fourth-order valence-electron chi connectivity index (χ4n) is 3.38. The zero-order valence-electron chi connectivity index (χ0n) is 11.8. The number of unbranched alkanes of at least 4 members (excludes halogenated alkanes) is 2. The second kappa shape index (κ2) is 6.88. The van der Waals surface area contributed by atoms with Gasteiger partial charge in [0, 0.05) is 6.61 Å². The lowest BCUT2D eigenvalue weighted by Gasteiger charge is -2.21. The van der Waals surface area contributed by atoms with E-state index in [4.69, 9.17) is 9.47 Å². The molecule has 106 valence electrons. The maximum atomic E-state index is 10.1. The highest BCUT2D eigenvalue weighted by atomic mass is 16.8. The van der Waals surface area contributed by atoms with E-state index >= 15 is 0 Å². The molecule has 3 heteroatoms. The van der Waals surface area contributed by atoms with E-state index in [1.807, 2.05) is 6.92 Å². The molecule has 0 aromatic heterocycles. The first kappa shape index (κ1) is 14.3. The van der Waals surface area contributed by atoms with E-state index in [0.29, 0.717) is 17.9 Å². The Bertz CT molecular complexity index is 244. The molecule has 0 spiro atoms. The molecule has 1 aliphatic heterocycles. The Morgan fingerprint density at radius 1 is 1.22 bits per heavy atom. The van der Waals surface area contributed by atoms with Crippen LogP contribution in [0.3, 0.4) is 0 Å². The number of epoxide rings is 1. The lowest BCUT2D eigenvalue weighted by molar-refractivity contribution is 0.0592. The predicted octanol–water partition coefficient (Wildman–Crippen LogP) is 3.11. The van der Waals surface area contributed by atoms with Crippen molar-refractivity contribution in [3.05, 3.63) is 0 Å². The van der Waals surface area contributed by atoms with Crippen LogP contribution in [0.1, 0.15) is 58.8 Å². The van der Waals surface area contributed by atoms with Crippen LogP contribution in [0.5, 0.6) is 0 Å². The highest BCUT2D eigenvalue weighted by molar-refractivity contribution is 4.89. The van der Waals surface area contributed by atoms with Crippen LogP contribution >= 0.6 is 0 Å². The Labute approximate surface area is 111 Å². The van der Waals surface area contributed by atoms with Crippen LogP contribution in [-0.2, 0) is 9.47 Å². The molecule has 1 aliphatic carbocycles. The van der Waals surface area contributed by atoms with Gasteiger partial charge >= 0.3 is 0 Å². The van der Waals surface area contributed by atoms with Crippen molar-refractivity contribution in [3.8, 4) is 0 Å². The van der Waals surface area contributed by atoms with Crippen LogP contribution in [0, 0.1) is 11.8 Å². The average Bonchev–Trinajstić information content (AvgIpc) is 2.99. The highest BCUT2D eigenvalue weighted by Crippen LogP contribution is 2.42. The van der Waals surface area contributed by atoms with E-state index in [1.165, 1.54) is 25.7 Å². The van der Waals surface area contributed by atoms with Gasteiger partial charge in [0.05, 0.1) is 6.10 Å². The third-order valence-corrected chi connectivity index (χ3v) is 4.48. The van der Waals surface area contributed by atoms with Crippen molar-refractivity contribution in [2.24, 2.45) is 11.8 Å². The monoisotopic (exact) mass is 256 g/mol. The Balaban J connectivity index is 1.73. The van der Waals surface area contributed by atoms with Crippen molar-refractivity contribution in [1.29, 1.82) is 0 Å². The topological polar surface area (TPSA) is 42.0 Å². The summed E-state index contributed by atoms with van der Waals surface area (Å²) in [5.41, 5.74) is 0. The standard InChI is InChI=1S/C15H28O3/c1-3-5-6-7-12-11(8-9-13(12)16)10-14-15(18-14)17-4-2/h11-16H,3-10H2,1-2H3. The van der Waals surface area contributed by atoms with Gasteiger partial charge in [-0.1, -0.05) is 26.2 Å². The van der Waals surface area contributed by atoms with Gasteiger partial charge in [0.1, 0.15) is 6.10 Å². The number of hydrogen-bond donors (Lipinski definition) is 1. The molecule has 0 amide bonds. The average molecular weight is 256 g/mol. The van der Waals surface area contributed by atoms with Gasteiger partial charge in [-0.15, -0.1) is 0 Å². The van der Waals surface area contributed by atoms with Crippen molar-refractivity contribution >= 4 is 0 Å². The summed E-state index contributed by atoms with van der Waals surface area (Å²) in [5.74, 6) is 1.15. The van der Waals surface area contributed by atoms with Gasteiger partial charge in [0.25, 0.3) is 0 Å². The molecule has 0 bridgehead atoms. The fraction of sp³-hybridized carbons (Fsp3) is 1.00. The summed E-state index contributed by atoms with van der Waals surface area (Å²) in [6.45, 7) is 4.97. The smallest absolute Gasteiger partial charge is 0.184 e. The molecule has 18 heavy (non-hydrogen) atoms. The molecule has 2 rings (SSSR count). The first-order valence-corrected chi connectivity index (χ1v) is 7.71. The Morgan fingerprint density at radius 3 is 2.78 bits per heavy atom. The molecule has 5 unspecified atom stereocenters. The molecule has 1 saturated heterocycles. The SMILES string of the molecule is CCCCCC1C(O)CCC1CC1OC1OCC. The van der Waals surface area contributed by atoms with Crippen LogP contribution < -0.4 is 0 Å². The van der Waals surface area contributed by atoms with Crippen LogP contribution in [0.25, 0.3) is 0 Å². The first-order chi connectivity index (χ1) is 8.76. The van der Waals surface area contributed by atoms with Gasteiger partial charge in [0.15, 0.2) is 6.29 Å². The van der Waals surface area contributed by atoms with Gasteiger partial charge in [-0.3, -0.25) is 0 Å². The van der Waals surface area contributed by atoms with Gasteiger partial charge in [-0.05, 0) is 44.4 Å². The summed E-state index contributed by atoms with van der Waals surface area (Å²) in [7, 11) is 0. The quantitative estimate of drug-likeness (QED) is 0.536. The maximum Gasteiger partial charge on any atom is 0.184 e. The lowest BCUT2D eigenvalue weighted by Crippen LogP contribution is -2.20. The number of ether oxygens (including phenoxy) is 2. The summed E-state index contributed by atoms with van der Waals surface area (Å²) < 4.78 is 11.0. The Hall–Kier alpha value is -0.120. The van der Waals surface area contributed by atoms with E-state index in [0.717, 1.165) is 25.9 Å². The zero-order chi connectivity index (χ0) is 13.0. The fourth-order valence-corrected chi connectivity index (χ4v) is 3.38. The molecule has 2 fully saturated rings. The third-order valence-electron chi connectivity index (χ3n) is 4.48. The minimum atomic E-state index is -0.0730. The van der Waals surface area contributed by atoms with E-state index in [-0.39, 0.29) is 12.4 Å². The Morgan fingerprint density at radius 2 is 2.06 bits per heavy atom. The second-order valence-electron chi connectivity index (χ2n) is 5.80. The minimum Gasteiger partial charge on any atom is -0.393 e. The molecule has 0 radical (unpaired) electrons. The van der Waals surface area contributed by atoms with Crippen molar-refractivity contribution in [1.82, 2.24) is 0 Å². The molecular weight excluding hydrogens is 228 g/mol. The molecular formula is C15H28O3. The molecule has 5 atom stereocenters.